The third-order valence-electron chi connectivity index (χ3n) is 1.83. The Labute approximate surface area is 83.0 Å². The highest BCUT2D eigenvalue weighted by Gasteiger charge is 2.33. The van der Waals surface area contributed by atoms with Crippen molar-refractivity contribution in [2.45, 2.75) is 12.6 Å². The van der Waals surface area contributed by atoms with Crippen LogP contribution in [0.25, 0.3) is 5.57 Å². The lowest BCUT2D eigenvalue weighted by Crippen LogP contribution is -2.09. The van der Waals surface area contributed by atoms with Gasteiger partial charge in [-0.15, -0.1) is 0 Å². The molecule has 0 aliphatic carbocycles. The minimum atomic E-state index is -4.60. The van der Waals surface area contributed by atoms with E-state index in [2.05, 4.69) is 6.58 Å². The van der Waals surface area contributed by atoms with E-state index in [0.717, 1.165) is 24.3 Å². The molecule has 0 aliphatic heterocycles. The van der Waals surface area contributed by atoms with Crippen LogP contribution in [-0.2, 0) is 0 Å². The Bertz CT molecular complexity index is 364. The highest BCUT2D eigenvalue weighted by Crippen LogP contribution is 2.33. The molecule has 0 aliphatic rings. The van der Waals surface area contributed by atoms with E-state index in [9.17, 15) is 22.0 Å². The van der Waals surface area contributed by atoms with E-state index in [-0.39, 0.29) is 5.56 Å². The topological polar surface area (TPSA) is 0 Å². The molecule has 0 radical (unpaired) electrons. The Hall–Kier alpha value is -1.39. The van der Waals surface area contributed by atoms with Gasteiger partial charge in [0.2, 0.25) is 0 Å². The van der Waals surface area contributed by atoms with Crippen molar-refractivity contribution in [1.29, 1.82) is 0 Å². The van der Waals surface area contributed by atoms with Gasteiger partial charge in [-0.05, 0) is 11.6 Å². The van der Waals surface area contributed by atoms with Crippen molar-refractivity contribution in [3.8, 4) is 0 Å². The van der Waals surface area contributed by atoms with Crippen LogP contribution in [0.2, 0.25) is 0 Å². The molecular weight excluding hydrogens is 215 g/mol. The normalized spacial score (nSPS) is 11.9. The largest absolute Gasteiger partial charge is 0.416 e. The van der Waals surface area contributed by atoms with Gasteiger partial charge in [-0.25, -0.2) is 8.78 Å². The number of benzene rings is 1. The lowest BCUT2D eigenvalue weighted by molar-refractivity contribution is -0.0686. The Morgan fingerprint density at radius 2 is 1.80 bits per heavy atom. The second-order valence-corrected chi connectivity index (χ2v) is 2.90. The predicted octanol–water partition coefficient (Wildman–Crippen LogP) is 4.20. The molecule has 82 valence electrons. The number of hydrogen-bond donors (Lipinski definition) is 0. The highest BCUT2D eigenvalue weighted by molar-refractivity contribution is 5.67. The molecule has 0 N–H and O–H groups in total. The summed E-state index contributed by atoms with van der Waals surface area (Å²) in [5, 5.41) is 0. The van der Waals surface area contributed by atoms with Crippen molar-refractivity contribution in [2.75, 3.05) is 0 Å². The summed E-state index contributed by atoms with van der Waals surface area (Å²) in [5.41, 5.74) is -1.90. The molecule has 0 aromatic heterocycles. The van der Waals surface area contributed by atoms with Gasteiger partial charge in [-0.1, -0.05) is 24.8 Å². The number of halogens is 5. The monoisotopic (exact) mass is 222 g/mol. The lowest BCUT2D eigenvalue weighted by Gasteiger charge is -2.11. The van der Waals surface area contributed by atoms with E-state index in [1.807, 2.05) is 0 Å². The van der Waals surface area contributed by atoms with Crippen molar-refractivity contribution in [3.63, 3.8) is 0 Å². The first-order valence-electron chi connectivity index (χ1n) is 3.97. The maximum absolute atomic E-state index is 12.2. The zero-order valence-electron chi connectivity index (χ0n) is 7.48. The molecule has 1 aromatic rings. The first kappa shape index (κ1) is 11.7. The van der Waals surface area contributed by atoms with Crippen molar-refractivity contribution >= 4 is 5.57 Å². The van der Waals surface area contributed by atoms with Gasteiger partial charge in [-0.2, -0.15) is 13.2 Å². The third kappa shape index (κ3) is 2.78. The molecular formula is C10H7F5. The Morgan fingerprint density at radius 1 is 1.20 bits per heavy atom. The summed E-state index contributed by atoms with van der Waals surface area (Å²) in [6.07, 6.45) is -7.38. The van der Waals surface area contributed by atoms with Crippen LogP contribution < -0.4 is 0 Å². The van der Waals surface area contributed by atoms with Crippen LogP contribution in [0.4, 0.5) is 22.0 Å². The maximum atomic E-state index is 12.2. The van der Waals surface area contributed by atoms with Gasteiger partial charge in [0, 0.05) is 5.56 Å². The van der Waals surface area contributed by atoms with E-state index >= 15 is 0 Å². The molecule has 0 fully saturated rings. The molecule has 1 rings (SSSR count). The molecule has 0 saturated heterocycles. The molecule has 15 heavy (non-hydrogen) atoms. The summed E-state index contributed by atoms with van der Waals surface area (Å²) in [4.78, 5) is 0. The second kappa shape index (κ2) is 4.00. The number of hydrogen-bond acceptors (Lipinski definition) is 0. The zero-order valence-corrected chi connectivity index (χ0v) is 7.48. The fourth-order valence-corrected chi connectivity index (χ4v) is 1.03. The maximum Gasteiger partial charge on any atom is 0.416 e. The average Bonchev–Trinajstić information content (AvgIpc) is 2.15. The SMILES string of the molecule is C=C(c1cccc(C(F)F)c1)C(F)(F)F. The number of rotatable bonds is 2. The molecule has 0 unspecified atom stereocenters. The van der Waals surface area contributed by atoms with Crippen molar-refractivity contribution < 1.29 is 22.0 Å². The van der Waals surface area contributed by atoms with Gasteiger partial charge < -0.3 is 0 Å². The smallest absolute Gasteiger partial charge is 0.205 e. The van der Waals surface area contributed by atoms with E-state index in [0.29, 0.717) is 0 Å². The summed E-state index contributed by atoms with van der Waals surface area (Å²) in [5.74, 6) is 0. The summed E-state index contributed by atoms with van der Waals surface area (Å²) in [6, 6.07) is 4.10. The molecule has 0 heterocycles. The Morgan fingerprint density at radius 3 is 2.27 bits per heavy atom. The molecule has 1 aromatic carbocycles. The summed E-state index contributed by atoms with van der Waals surface area (Å²) < 4.78 is 60.9. The molecule has 0 atom stereocenters. The lowest BCUT2D eigenvalue weighted by atomic mass is 10.0. The van der Waals surface area contributed by atoms with E-state index in [1.54, 1.807) is 0 Å². The van der Waals surface area contributed by atoms with Crippen LogP contribution in [0.3, 0.4) is 0 Å². The molecule has 5 heteroatoms. The third-order valence-corrected chi connectivity index (χ3v) is 1.83. The van der Waals surface area contributed by atoms with E-state index < -0.39 is 23.7 Å². The minimum absolute atomic E-state index is 0.333. The number of allylic oxidation sites excluding steroid dienone is 1. The van der Waals surface area contributed by atoms with Gasteiger partial charge >= 0.3 is 6.18 Å². The first-order valence-corrected chi connectivity index (χ1v) is 3.97. The first-order chi connectivity index (χ1) is 6.82. The molecule has 0 saturated carbocycles. The quantitative estimate of drug-likeness (QED) is 0.658. The van der Waals surface area contributed by atoms with E-state index in [4.69, 9.17) is 0 Å². The van der Waals surface area contributed by atoms with Gasteiger partial charge in [-0.3, -0.25) is 0 Å². The summed E-state index contributed by atoms with van der Waals surface area (Å²) in [7, 11) is 0. The molecule has 0 nitrogen and oxygen atoms in total. The zero-order chi connectivity index (χ0) is 11.6. The van der Waals surface area contributed by atoms with Crippen LogP contribution in [-0.4, -0.2) is 6.18 Å². The highest BCUT2D eigenvalue weighted by atomic mass is 19.4. The van der Waals surface area contributed by atoms with Crippen LogP contribution in [0.1, 0.15) is 17.6 Å². The molecule has 0 bridgehead atoms. The van der Waals surface area contributed by atoms with Crippen molar-refractivity contribution in [3.05, 3.63) is 42.0 Å². The average molecular weight is 222 g/mol. The van der Waals surface area contributed by atoms with Gasteiger partial charge in [0.25, 0.3) is 6.43 Å². The number of alkyl halides is 5. The van der Waals surface area contributed by atoms with Gasteiger partial charge in [0.05, 0.1) is 5.57 Å². The second-order valence-electron chi connectivity index (χ2n) is 2.90. The summed E-state index contributed by atoms with van der Waals surface area (Å²) >= 11 is 0. The van der Waals surface area contributed by atoms with Crippen LogP contribution in [0, 0.1) is 0 Å². The van der Waals surface area contributed by atoms with Gasteiger partial charge in [0.1, 0.15) is 0 Å². The van der Waals surface area contributed by atoms with Crippen molar-refractivity contribution in [2.24, 2.45) is 0 Å². The predicted molar refractivity (Wildman–Crippen MR) is 46.5 cm³/mol. The molecule has 0 spiro atoms. The fourth-order valence-electron chi connectivity index (χ4n) is 1.03. The van der Waals surface area contributed by atoms with Crippen molar-refractivity contribution in [1.82, 2.24) is 0 Å². The fraction of sp³-hybridized carbons (Fsp3) is 0.200. The van der Waals surface area contributed by atoms with Crippen LogP contribution in [0.15, 0.2) is 30.8 Å². The Balaban J connectivity index is 3.06. The summed E-state index contributed by atoms with van der Waals surface area (Å²) in [6.45, 7) is 2.83. The van der Waals surface area contributed by atoms with Crippen LogP contribution >= 0.6 is 0 Å². The van der Waals surface area contributed by atoms with E-state index in [1.165, 1.54) is 0 Å². The molecule has 0 amide bonds. The minimum Gasteiger partial charge on any atom is -0.205 e. The Kier molecular flexibility index (Phi) is 3.12. The van der Waals surface area contributed by atoms with Crippen LogP contribution in [0.5, 0.6) is 0 Å². The van der Waals surface area contributed by atoms with Gasteiger partial charge in [0.15, 0.2) is 0 Å². The standard InChI is InChI=1S/C10H7F5/c1-6(10(13,14)15)7-3-2-4-8(5-7)9(11)12/h2-5,9H,1H2.